The summed E-state index contributed by atoms with van der Waals surface area (Å²) in [6, 6.07) is 3.27. The number of carbonyl (C=O) groups excluding carboxylic acids is 1. The number of carbonyl (C=O) groups is 2. The Labute approximate surface area is 160 Å². The van der Waals surface area contributed by atoms with Crippen molar-refractivity contribution >= 4 is 17.7 Å². The van der Waals surface area contributed by atoms with Gasteiger partial charge in [-0.3, -0.25) is 0 Å². The quantitative estimate of drug-likeness (QED) is 0.779. The molecule has 0 atom stereocenters. The normalized spacial score (nSPS) is 14.0. The predicted molar refractivity (Wildman–Crippen MR) is 95.0 cm³/mol. The van der Waals surface area contributed by atoms with Crippen molar-refractivity contribution in [3.63, 3.8) is 0 Å². The van der Waals surface area contributed by atoms with Crippen molar-refractivity contribution in [2.45, 2.75) is 45.4 Å². The smallest absolute Gasteiger partial charge is 0.418 e. The maximum atomic E-state index is 13.1. The largest absolute Gasteiger partial charge is 0.478 e. The summed E-state index contributed by atoms with van der Waals surface area (Å²) < 4.78 is 44.0. The third-order valence-electron chi connectivity index (χ3n) is 3.60. The van der Waals surface area contributed by atoms with Crippen LogP contribution >= 0.6 is 0 Å². The molecule has 1 amide bonds. The lowest BCUT2D eigenvalue weighted by molar-refractivity contribution is -0.137. The summed E-state index contributed by atoms with van der Waals surface area (Å²) in [5.41, 5.74) is 2.09. The Kier molecular flexibility index (Phi) is 7.27. The summed E-state index contributed by atoms with van der Waals surface area (Å²) in [6.07, 6.45) is -3.99. The molecule has 2 rings (SSSR count). The highest BCUT2D eigenvalue weighted by atomic mass is 19.4. The molecule has 1 aliphatic heterocycles. The molecular weight excluding hydrogens is 379 g/mol. The molecule has 0 spiro atoms. The van der Waals surface area contributed by atoms with Crippen molar-refractivity contribution in [3.8, 4) is 6.07 Å². The summed E-state index contributed by atoms with van der Waals surface area (Å²) >= 11 is 0. The standard InChI is InChI=1S/C13H11F3N2O2.C5H11NO2/c14-13(15,16)10-6-8(7-17)5-9(12(19)20)11(10)18-3-1-2-4-18;1-5(2,3)8-4(6)7/h5-6H,1-4H2,(H,19,20);1-3H3,(H2,6,7). The summed E-state index contributed by atoms with van der Waals surface area (Å²) in [5, 5.41) is 17.9. The van der Waals surface area contributed by atoms with E-state index in [0.29, 0.717) is 19.2 Å². The second-order valence-electron chi connectivity index (χ2n) is 7.06. The number of hydrogen-bond donors (Lipinski definition) is 2. The third-order valence-corrected chi connectivity index (χ3v) is 3.60. The van der Waals surface area contributed by atoms with E-state index in [1.807, 2.05) is 0 Å². The fraction of sp³-hybridized carbons (Fsp3) is 0.500. The molecule has 1 fully saturated rings. The van der Waals surface area contributed by atoms with E-state index < -0.39 is 35.0 Å². The molecule has 154 valence electrons. The Morgan fingerprint density at radius 1 is 1.21 bits per heavy atom. The summed E-state index contributed by atoms with van der Waals surface area (Å²) in [5.74, 6) is -1.46. The van der Waals surface area contributed by atoms with Gasteiger partial charge >= 0.3 is 18.2 Å². The van der Waals surface area contributed by atoms with Crippen molar-refractivity contribution in [3.05, 3.63) is 28.8 Å². The third kappa shape index (κ3) is 6.64. The summed E-state index contributed by atoms with van der Waals surface area (Å²) in [6.45, 7) is 6.05. The molecule has 0 radical (unpaired) electrons. The van der Waals surface area contributed by atoms with E-state index in [-0.39, 0.29) is 11.3 Å². The minimum atomic E-state index is -4.70. The molecule has 3 N–H and O–H groups in total. The van der Waals surface area contributed by atoms with Crippen molar-refractivity contribution < 1.29 is 32.6 Å². The van der Waals surface area contributed by atoms with E-state index in [4.69, 9.17) is 16.1 Å². The molecule has 0 aliphatic carbocycles. The number of nitrogens with zero attached hydrogens (tertiary/aromatic N) is 2. The molecule has 0 saturated carbocycles. The van der Waals surface area contributed by atoms with Crippen LogP contribution in [0.25, 0.3) is 0 Å². The van der Waals surface area contributed by atoms with Gasteiger partial charge in [0.1, 0.15) is 5.60 Å². The average molecular weight is 401 g/mol. The fourth-order valence-electron chi connectivity index (χ4n) is 2.66. The van der Waals surface area contributed by atoms with Crippen LogP contribution in [0.1, 0.15) is 55.1 Å². The number of amides is 1. The number of nitriles is 1. The first-order valence-electron chi connectivity index (χ1n) is 8.38. The van der Waals surface area contributed by atoms with Crippen molar-refractivity contribution in [1.29, 1.82) is 5.26 Å². The first-order valence-corrected chi connectivity index (χ1v) is 8.38. The van der Waals surface area contributed by atoms with Crippen LogP contribution in [0.5, 0.6) is 0 Å². The number of rotatable bonds is 2. The monoisotopic (exact) mass is 401 g/mol. The molecule has 0 aromatic heterocycles. The van der Waals surface area contributed by atoms with Gasteiger partial charge in [-0.2, -0.15) is 18.4 Å². The number of aromatic carboxylic acids is 1. The summed E-state index contributed by atoms with van der Waals surface area (Å²) in [7, 11) is 0. The molecule has 7 nitrogen and oxygen atoms in total. The number of ether oxygens (including phenoxy) is 1. The van der Waals surface area contributed by atoms with Crippen molar-refractivity contribution in [2.75, 3.05) is 18.0 Å². The molecule has 1 aromatic carbocycles. The highest BCUT2D eigenvalue weighted by Gasteiger charge is 2.38. The second-order valence-corrected chi connectivity index (χ2v) is 7.06. The van der Waals surface area contributed by atoms with E-state index in [1.165, 1.54) is 4.90 Å². The van der Waals surface area contributed by atoms with Gasteiger partial charge in [0.05, 0.1) is 28.4 Å². The van der Waals surface area contributed by atoms with Gasteiger partial charge in [-0.25, -0.2) is 9.59 Å². The Hall–Kier alpha value is -2.96. The SMILES string of the molecule is CC(C)(C)OC(N)=O.N#Cc1cc(C(=O)O)c(N2CCCC2)c(C(F)(F)F)c1. The van der Waals surface area contributed by atoms with Gasteiger partial charge in [0, 0.05) is 13.1 Å². The molecule has 10 heteroatoms. The number of alkyl halides is 3. The van der Waals surface area contributed by atoms with E-state index >= 15 is 0 Å². The maximum absolute atomic E-state index is 13.1. The van der Waals surface area contributed by atoms with Gasteiger partial charge in [0.2, 0.25) is 0 Å². The molecule has 1 aliphatic rings. The van der Waals surface area contributed by atoms with Crippen molar-refractivity contribution in [1.82, 2.24) is 0 Å². The molecule has 1 heterocycles. The van der Waals surface area contributed by atoms with Crippen LogP contribution in [0.4, 0.5) is 23.7 Å². The molecule has 28 heavy (non-hydrogen) atoms. The van der Waals surface area contributed by atoms with Crippen LogP contribution in [0.3, 0.4) is 0 Å². The highest BCUT2D eigenvalue weighted by molar-refractivity contribution is 5.96. The lowest BCUT2D eigenvalue weighted by Crippen LogP contribution is -2.27. The zero-order valence-electron chi connectivity index (χ0n) is 15.8. The molecule has 1 saturated heterocycles. The molecule has 0 unspecified atom stereocenters. The number of carboxylic acid groups (broad SMARTS) is 1. The Bertz CT molecular complexity index is 774. The van der Waals surface area contributed by atoms with E-state index in [9.17, 15) is 22.8 Å². The van der Waals surface area contributed by atoms with Gasteiger partial charge in [-0.05, 0) is 45.7 Å². The number of hydrogen-bond acceptors (Lipinski definition) is 5. The van der Waals surface area contributed by atoms with Crippen LogP contribution in [0.2, 0.25) is 0 Å². The zero-order chi connectivity index (χ0) is 21.7. The predicted octanol–water partition coefficient (Wildman–Crippen LogP) is 3.76. The van der Waals surface area contributed by atoms with Crippen LogP contribution in [0.15, 0.2) is 12.1 Å². The van der Waals surface area contributed by atoms with Crippen molar-refractivity contribution in [2.24, 2.45) is 5.73 Å². The zero-order valence-corrected chi connectivity index (χ0v) is 15.8. The van der Waals surface area contributed by atoms with Gasteiger partial charge < -0.3 is 20.5 Å². The Morgan fingerprint density at radius 2 is 1.75 bits per heavy atom. The molecular formula is C18H22F3N3O4. The number of carboxylic acids is 1. The topological polar surface area (TPSA) is 117 Å². The minimum Gasteiger partial charge on any atom is -0.478 e. The number of nitrogens with two attached hydrogens (primary N) is 1. The van der Waals surface area contributed by atoms with E-state index in [1.54, 1.807) is 26.8 Å². The molecule has 0 bridgehead atoms. The second kappa shape index (κ2) is 8.82. The Morgan fingerprint density at radius 3 is 2.07 bits per heavy atom. The van der Waals surface area contributed by atoms with Gasteiger partial charge in [-0.15, -0.1) is 0 Å². The number of primary amides is 1. The van der Waals surface area contributed by atoms with Crippen LogP contribution < -0.4 is 10.6 Å². The highest BCUT2D eigenvalue weighted by Crippen LogP contribution is 2.40. The lowest BCUT2D eigenvalue weighted by Gasteiger charge is -2.24. The number of anilines is 1. The van der Waals surface area contributed by atoms with E-state index in [0.717, 1.165) is 18.9 Å². The van der Waals surface area contributed by atoms with Gasteiger partial charge in [0.25, 0.3) is 0 Å². The average Bonchev–Trinajstić information content (AvgIpc) is 3.04. The first-order chi connectivity index (χ1) is 12.8. The lowest BCUT2D eigenvalue weighted by atomic mass is 10.0. The van der Waals surface area contributed by atoms with Gasteiger partial charge in [-0.1, -0.05) is 0 Å². The van der Waals surface area contributed by atoms with E-state index in [2.05, 4.69) is 4.74 Å². The van der Waals surface area contributed by atoms with Crippen LogP contribution in [-0.2, 0) is 10.9 Å². The maximum Gasteiger partial charge on any atom is 0.418 e. The molecule has 1 aromatic rings. The summed E-state index contributed by atoms with van der Waals surface area (Å²) in [4.78, 5) is 22.7. The van der Waals surface area contributed by atoms with Gasteiger partial charge in [0.15, 0.2) is 0 Å². The minimum absolute atomic E-state index is 0.308. The fourth-order valence-corrected chi connectivity index (χ4v) is 2.66. The van der Waals surface area contributed by atoms with Crippen LogP contribution in [0, 0.1) is 11.3 Å². The number of benzene rings is 1. The van der Waals surface area contributed by atoms with Crippen LogP contribution in [-0.4, -0.2) is 35.9 Å². The number of halogens is 3. The first kappa shape index (κ1) is 23.1. The Balaban J connectivity index is 0.000000416.